The van der Waals surface area contributed by atoms with Crippen molar-refractivity contribution in [2.45, 2.75) is 62.6 Å². The quantitative estimate of drug-likeness (QED) is 0.200. The summed E-state index contributed by atoms with van der Waals surface area (Å²) >= 11 is 12.7. The number of ether oxygens (including phenoxy) is 4. The summed E-state index contributed by atoms with van der Waals surface area (Å²) in [7, 11) is 1.18. The summed E-state index contributed by atoms with van der Waals surface area (Å²) in [6.07, 6.45) is 3.99. The number of methoxy groups -OCH3 is 4. The van der Waals surface area contributed by atoms with Gasteiger partial charge < -0.3 is 29.2 Å². The highest BCUT2D eigenvalue weighted by Crippen LogP contribution is 2.38. The van der Waals surface area contributed by atoms with Crippen molar-refractivity contribution in [3.05, 3.63) is 70.2 Å². The molecule has 48 heavy (non-hydrogen) atoms. The number of amides is 2. The van der Waals surface area contributed by atoms with Gasteiger partial charge in [0.15, 0.2) is 11.5 Å². The van der Waals surface area contributed by atoms with Gasteiger partial charge in [0.1, 0.15) is 24.1 Å². The van der Waals surface area contributed by atoms with Gasteiger partial charge in [0.25, 0.3) is 10.0 Å². The number of hydrogen-bond donors (Lipinski definition) is 1. The molecule has 0 saturated heterocycles. The number of carbonyl (C=O) groups excluding carboxylic acids is 2. The van der Waals surface area contributed by atoms with Gasteiger partial charge in [-0.2, -0.15) is 0 Å². The third kappa shape index (κ3) is 8.40. The third-order valence-corrected chi connectivity index (χ3v) is 10.7. The van der Waals surface area contributed by atoms with Crippen LogP contribution in [0.4, 0.5) is 5.69 Å². The average molecular weight is 723 g/mol. The van der Waals surface area contributed by atoms with E-state index in [-0.39, 0.29) is 47.0 Å². The van der Waals surface area contributed by atoms with Crippen molar-refractivity contribution in [3.63, 3.8) is 0 Å². The van der Waals surface area contributed by atoms with Crippen molar-refractivity contribution in [2.24, 2.45) is 0 Å². The Morgan fingerprint density at radius 1 is 0.875 bits per heavy atom. The van der Waals surface area contributed by atoms with Crippen LogP contribution in [0.2, 0.25) is 10.0 Å². The topological polar surface area (TPSA) is 124 Å². The fraction of sp³-hybridized carbons (Fsp3) is 0.412. The molecule has 1 fully saturated rings. The zero-order valence-corrected chi connectivity index (χ0v) is 30.0. The van der Waals surface area contributed by atoms with Crippen LogP contribution in [-0.2, 0) is 26.2 Å². The molecule has 2 amide bonds. The molecule has 3 aromatic rings. The molecule has 0 bridgehead atoms. The Balaban J connectivity index is 1.83. The predicted octanol–water partition coefficient (Wildman–Crippen LogP) is 6.09. The van der Waals surface area contributed by atoms with Crippen molar-refractivity contribution in [2.75, 3.05) is 39.3 Å². The van der Waals surface area contributed by atoms with Gasteiger partial charge in [-0.25, -0.2) is 8.42 Å². The molecular formula is C34H41Cl2N3O8S. The Labute approximate surface area is 292 Å². The maximum Gasteiger partial charge on any atom is 0.265 e. The van der Waals surface area contributed by atoms with E-state index in [0.29, 0.717) is 27.1 Å². The number of carbonyl (C=O) groups is 2. The summed E-state index contributed by atoms with van der Waals surface area (Å²) in [5.74, 6) is 0.0302. The molecule has 0 heterocycles. The van der Waals surface area contributed by atoms with Crippen LogP contribution in [-0.4, -0.2) is 72.2 Å². The van der Waals surface area contributed by atoms with Crippen molar-refractivity contribution < 1.29 is 37.0 Å². The molecule has 1 N–H and O–H groups in total. The normalized spacial score (nSPS) is 13.8. The van der Waals surface area contributed by atoms with Crippen molar-refractivity contribution in [1.29, 1.82) is 0 Å². The van der Waals surface area contributed by atoms with E-state index in [1.807, 2.05) is 0 Å². The van der Waals surface area contributed by atoms with Gasteiger partial charge in [-0.3, -0.25) is 13.9 Å². The molecule has 0 aliphatic heterocycles. The SMILES string of the molecule is CCC(C(=O)NC1CCCC1)N(Cc1ccc(Cl)cc1Cl)C(=O)CN(c1cc(OC)ccc1OC)S(=O)(=O)c1ccc(OC)c(OC)c1. The van der Waals surface area contributed by atoms with Crippen LogP contribution in [0.25, 0.3) is 0 Å². The number of nitrogens with one attached hydrogen (secondary N) is 1. The first-order valence-corrected chi connectivity index (χ1v) is 17.7. The lowest BCUT2D eigenvalue weighted by Crippen LogP contribution is -2.53. The van der Waals surface area contributed by atoms with E-state index in [2.05, 4.69) is 5.32 Å². The number of hydrogen-bond acceptors (Lipinski definition) is 8. The lowest BCUT2D eigenvalue weighted by Gasteiger charge is -2.34. The fourth-order valence-corrected chi connectivity index (χ4v) is 7.63. The van der Waals surface area contributed by atoms with Crippen LogP contribution in [0.3, 0.4) is 0 Å². The van der Waals surface area contributed by atoms with Gasteiger partial charge in [-0.1, -0.05) is 49.0 Å². The van der Waals surface area contributed by atoms with Crippen LogP contribution in [0, 0.1) is 0 Å². The van der Waals surface area contributed by atoms with E-state index >= 15 is 0 Å². The maximum atomic E-state index is 14.6. The monoisotopic (exact) mass is 721 g/mol. The number of nitrogens with zero attached hydrogens (tertiary/aromatic N) is 2. The smallest absolute Gasteiger partial charge is 0.265 e. The summed E-state index contributed by atoms with van der Waals surface area (Å²) in [6, 6.07) is 12.7. The summed E-state index contributed by atoms with van der Waals surface area (Å²) in [4.78, 5) is 29.5. The second-order valence-corrected chi connectivity index (χ2v) is 13.9. The fourth-order valence-electron chi connectivity index (χ4n) is 5.73. The Morgan fingerprint density at radius 2 is 1.54 bits per heavy atom. The summed E-state index contributed by atoms with van der Waals surface area (Å²) in [5, 5.41) is 3.80. The van der Waals surface area contributed by atoms with E-state index in [4.69, 9.17) is 42.1 Å². The number of sulfonamides is 1. The largest absolute Gasteiger partial charge is 0.497 e. The molecule has 1 saturated carbocycles. The van der Waals surface area contributed by atoms with E-state index in [1.165, 1.54) is 57.6 Å². The summed E-state index contributed by atoms with van der Waals surface area (Å²) < 4.78 is 51.6. The molecule has 14 heteroatoms. The highest BCUT2D eigenvalue weighted by atomic mass is 35.5. The first-order valence-electron chi connectivity index (χ1n) is 15.5. The molecule has 3 aromatic carbocycles. The zero-order chi connectivity index (χ0) is 35.0. The first kappa shape index (κ1) is 37.0. The number of benzene rings is 3. The molecule has 4 rings (SSSR count). The van der Waals surface area contributed by atoms with E-state index in [1.54, 1.807) is 37.3 Å². The third-order valence-electron chi connectivity index (χ3n) is 8.32. The Morgan fingerprint density at radius 3 is 2.15 bits per heavy atom. The van der Waals surface area contributed by atoms with Gasteiger partial charge in [0.2, 0.25) is 11.8 Å². The Kier molecular flexibility index (Phi) is 12.7. The minimum absolute atomic E-state index is 0.00518. The van der Waals surface area contributed by atoms with Gasteiger partial charge in [0.05, 0.1) is 39.0 Å². The van der Waals surface area contributed by atoms with Crippen molar-refractivity contribution >= 4 is 50.7 Å². The minimum Gasteiger partial charge on any atom is -0.497 e. The van der Waals surface area contributed by atoms with E-state index < -0.39 is 28.5 Å². The molecule has 0 aromatic heterocycles. The molecule has 1 aliphatic carbocycles. The number of halogens is 2. The number of anilines is 1. The molecule has 1 aliphatic rings. The Bertz CT molecular complexity index is 1720. The van der Waals surface area contributed by atoms with E-state index in [9.17, 15) is 18.0 Å². The molecule has 260 valence electrons. The van der Waals surface area contributed by atoms with E-state index in [0.717, 1.165) is 30.0 Å². The van der Waals surface area contributed by atoms with Crippen molar-refractivity contribution in [3.8, 4) is 23.0 Å². The van der Waals surface area contributed by atoms with Crippen LogP contribution >= 0.6 is 23.2 Å². The molecule has 0 radical (unpaired) electrons. The highest BCUT2D eigenvalue weighted by molar-refractivity contribution is 7.92. The van der Waals surface area contributed by atoms with Crippen LogP contribution in [0.15, 0.2) is 59.5 Å². The summed E-state index contributed by atoms with van der Waals surface area (Å²) in [6.45, 7) is 1.02. The lowest BCUT2D eigenvalue weighted by atomic mass is 10.1. The Hall–Kier alpha value is -3.87. The average Bonchev–Trinajstić information content (AvgIpc) is 3.60. The zero-order valence-electron chi connectivity index (χ0n) is 27.6. The maximum absolute atomic E-state index is 14.6. The van der Waals surface area contributed by atoms with Crippen LogP contribution < -0.4 is 28.6 Å². The molecule has 0 spiro atoms. The predicted molar refractivity (Wildman–Crippen MR) is 185 cm³/mol. The molecule has 11 nitrogen and oxygen atoms in total. The van der Waals surface area contributed by atoms with Gasteiger partial charge in [0, 0.05) is 34.8 Å². The minimum atomic E-state index is -4.49. The van der Waals surface area contributed by atoms with Gasteiger partial charge in [-0.15, -0.1) is 0 Å². The second kappa shape index (κ2) is 16.5. The second-order valence-electron chi connectivity index (χ2n) is 11.2. The van der Waals surface area contributed by atoms with Gasteiger partial charge in [-0.05, 0) is 61.2 Å². The lowest BCUT2D eigenvalue weighted by molar-refractivity contribution is -0.140. The van der Waals surface area contributed by atoms with Crippen LogP contribution in [0.1, 0.15) is 44.6 Å². The first-order chi connectivity index (χ1) is 23.0. The van der Waals surface area contributed by atoms with Gasteiger partial charge >= 0.3 is 0 Å². The number of rotatable bonds is 15. The van der Waals surface area contributed by atoms with Crippen molar-refractivity contribution in [1.82, 2.24) is 10.2 Å². The van der Waals surface area contributed by atoms with Crippen LogP contribution in [0.5, 0.6) is 23.0 Å². The molecule has 1 unspecified atom stereocenters. The molecule has 1 atom stereocenters. The standard InChI is InChI=1S/C34H41Cl2N3O8S/c1-6-28(34(41)37-24-9-7-8-10-24)38(20-22-11-12-23(35)17-27(22)36)33(40)21-39(29-18-25(44-2)13-15-30(29)45-3)48(42,43)26-14-16-31(46-4)32(19-26)47-5/h11-19,24,28H,6-10,20-21H2,1-5H3,(H,37,41). The summed E-state index contributed by atoms with van der Waals surface area (Å²) in [5.41, 5.74) is 0.586. The molecular weight excluding hydrogens is 681 g/mol. The highest BCUT2D eigenvalue weighted by Gasteiger charge is 2.36.